The summed E-state index contributed by atoms with van der Waals surface area (Å²) in [5.74, 6) is 1.69. The number of para-hydroxylation sites is 1. The minimum Gasteiger partial charge on any atom is -0.478 e. The van der Waals surface area contributed by atoms with Crippen molar-refractivity contribution in [2.45, 2.75) is 51.6 Å². The van der Waals surface area contributed by atoms with Crippen molar-refractivity contribution in [3.8, 4) is 11.8 Å². The third kappa shape index (κ3) is 4.54. The maximum absolute atomic E-state index is 8.62. The van der Waals surface area contributed by atoms with Gasteiger partial charge in [0.05, 0.1) is 0 Å². The second kappa shape index (κ2) is 7.91. The highest BCUT2D eigenvalue weighted by Crippen LogP contribution is 2.24. The van der Waals surface area contributed by atoms with Crippen molar-refractivity contribution < 1.29 is 4.74 Å². The van der Waals surface area contributed by atoms with Crippen LogP contribution in [0.4, 0.5) is 0 Å². The van der Waals surface area contributed by atoms with Crippen LogP contribution in [-0.4, -0.2) is 12.6 Å². The number of nitrogens with zero attached hydrogens (tertiary/aromatic N) is 1. The van der Waals surface area contributed by atoms with E-state index in [0.29, 0.717) is 6.04 Å². The lowest BCUT2D eigenvalue weighted by Crippen LogP contribution is -2.28. The number of benzene rings is 1. The number of nitriles is 1. The van der Waals surface area contributed by atoms with Crippen LogP contribution in [0, 0.1) is 17.2 Å². The second-order valence-electron chi connectivity index (χ2n) is 5.75. The Balaban J connectivity index is 1.88. The highest BCUT2D eigenvalue weighted by molar-refractivity contribution is 5.33. The molecule has 0 amide bonds. The molecule has 2 rings (SSSR count). The Morgan fingerprint density at radius 3 is 2.95 bits per heavy atom. The quantitative estimate of drug-likeness (QED) is 0.832. The fraction of sp³-hybridized carbons (Fsp3) is 0.588. The van der Waals surface area contributed by atoms with Gasteiger partial charge in [0.1, 0.15) is 11.8 Å². The van der Waals surface area contributed by atoms with Crippen LogP contribution in [0.2, 0.25) is 0 Å². The van der Waals surface area contributed by atoms with Gasteiger partial charge in [-0.05, 0) is 31.2 Å². The Morgan fingerprint density at radius 1 is 1.25 bits per heavy atom. The number of ether oxygens (including phenoxy) is 1. The summed E-state index contributed by atoms with van der Waals surface area (Å²) in [6.45, 7) is 3.28. The van der Waals surface area contributed by atoms with Crippen molar-refractivity contribution >= 4 is 0 Å². The first-order valence-corrected chi connectivity index (χ1v) is 7.60. The van der Waals surface area contributed by atoms with E-state index in [-0.39, 0.29) is 6.61 Å². The average Bonchev–Trinajstić information content (AvgIpc) is 2.68. The van der Waals surface area contributed by atoms with Gasteiger partial charge < -0.3 is 10.1 Å². The van der Waals surface area contributed by atoms with E-state index in [0.717, 1.165) is 23.8 Å². The highest BCUT2D eigenvalue weighted by atomic mass is 16.5. The Kier molecular flexibility index (Phi) is 5.88. The first-order chi connectivity index (χ1) is 9.79. The van der Waals surface area contributed by atoms with Gasteiger partial charge in [-0.15, -0.1) is 0 Å². The van der Waals surface area contributed by atoms with Gasteiger partial charge in [0.25, 0.3) is 0 Å². The molecule has 3 nitrogen and oxygen atoms in total. The molecule has 0 spiro atoms. The van der Waals surface area contributed by atoms with Gasteiger partial charge in [-0.1, -0.05) is 38.0 Å². The summed E-state index contributed by atoms with van der Waals surface area (Å²) in [4.78, 5) is 0. The molecule has 0 bridgehead atoms. The smallest absolute Gasteiger partial charge is 0.174 e. The summed E-state index contributed by atoms with van der Waals surface area (Å²) in [6, 6.07) is 10.6. The van der Waals surface area contributed by atoms with Crippen LogP contribution in [0.25, 0.3) is 0 Å². The van der Waals surface area contributed by atoms with Gasteiger partial charge in [0.15, 0.2) is 6.61 Å². The summed E-state index contributed by atoms with van der Waals surface area (Å²) in [5, 5.41) is 12.3. The van der Waals surface area contributed by atoms with Gasteiger partial charge in [0, 0.05) is 18.2 Å². The van der Waals surface area contributed by atoms with Gasteiger partial charge in [-0.3, -0.25) is 0 Å². The molecule has 0 aromatic heterocycles. The van der Waals surface area contributed by atoms with Crippen molar-refractivity contribution in [1.29, 1.82) is 5.26 Å². The molecule has 3 heteroatoms. The zero-order valence-electron chi connectivity index (χ0n) is 12.3. The van der Waals surface area contributed by atoms with Gasteiger partial charge in [-0.25, -0.2) is 0 Å². The molecule has 1 aromatic carbocycles. The van der Waals surface area contributed by atoms with E-state index in [1.54, 1.807) is 0 Å². The van der Waals surface area contributed by atoms with E-state index < -0.39 is 0 Å². The number of nitrogens with one attached hydrogen (secondary N) is 1. The van der Waals surface area contributed by atoms with Crippen LogP contribution in [0.1, 0.15) is 44.6 Å². The number of hydrogen-bond donors (Lipinski definition) is 1. The molecule has 1 aliphatic rings. The third-order valence-electron chi connectivity index (χ3n) is 4.10. The molecular weight excluding hydrogens is 248 g/mol. The van der Waals surface area contributed by atoms with Crippen LogP contribution in [0.5, 0.6) is 5.75 Å². The molecule has 20 heavy (non-hydrogen) atoms. The van der Waals surface area contributed by atoms with Crippen molar-refractivity contribution in [3.05, 3.63) is 29.8 Å². The van der Waals surface area contributed by atoms with Gasteiger partial charge in [-0.2, -0.15) is 5.26 Å². The average molecular weight is 272 g/mol. The molecule has 0 aliphatic heterocycles. The Hall–Kier alpha value is -1.53. The molecule has 108 valence electrons. The summed E-state index contributed by atoms with van der Waals surface area (Å²) < 4.78 is 5.47. The molecule has 1 fully saturated rings. The van der Waals surface area contributed by atoms with Crippen molar-refractivity contribution in [2.24, 2.45) is 5.92 Å². The summed E-state index contributed by atoms with van der Waals surface area (Å²) in [6.07, 6.45) is 6.55. The SMILES string of the molecule is CC1CCCC(NCc2ccccc2OCC#N)CC1. The van der Waals surface area contributed by atoms with Crippen LogP contribution in [0.15, 0.2) is 24.3 Å². The van der Waals surface area contributed by atoms with Crippen LogP contribution in [-0.2, 0) is 6.54 Å². The second-order valence-corrected chi connectivity index (χ2v) is 5.75. The molecule has 0 radical (unpaired) electrons. The predicted molar refractivity (Wildman–Crippen MR) is 80.4 cm³/mol. The topological polar surface area (TPSA) is 45.0 Å². The lowest BCUT2D eigenvalue weighted by atomic mass is 10.0. The number of hydrogen-bond acceptors (Lipinski definition) is 3. The summed E-state index contributed by atoms with van der Waals surface area (Å²) >= 11 is 0. The minimum absolute atomic E-state index is 0.109. The fourth-order valence-corrected chi connectivity index (χ4v) is 2.85. The van der Waals surface area contributed by atoms with Crippen LogP contribution >= 0.6 is 0 Å². The maximum Gasteiger partial charge on any atom is 0.174 e. The summed E-state index contributed by atoms with van der Waals surface area (Å²) in [5.41, 5.74) is 1.14. The normalized spacial score (nSPS) is 22.8. The molecule has 0 saturated heterocycles. The molecular formula is C17H24N2O. The van der Waals surface area contributed by atoms with Gasteiger partial charge in [0.2, 0.25) is 0 Å². The van der Waals surface area contributed by atoms with E-state index in [4.69, 9.17) is 10.00 Å². The minimum atomic E-state index is 0.109. The van der Waals surface area contributed by atoms with Crippen molar-refractivity contribution in [3.63, 3.8) is 0 Å². The largest absolute Gasteiger partial charge is 0.478 e. The molecule has 1 saturated carbocycles. The van der Waals surface area contributed by atoms with E-state index in [1.165, 1.54) is 32.1 Å². The van der Waals surface area contributed by atoms with E-state index >= 15 is 0 Å². The van der Waals surface area contributed by atoms with E-state index in [9.17, 15) is 0 Å². The van der Waals surface area contributed by atoms with E-state index in [1.807, 2.05) is 24.3 Å². The number of rotatable bonds is 5. The summed E-state index contributed by atoms with van der Waals surface area (Å²) in [7, 11) is 0. The van der Waals surface area contributed by atoms with E-state index in [2.05, 4.69) is 18.3 Å². The first kappa shape index (κ1) is 14.9. The molecule has 1 aliphatic carbocycles. The zero-order valence-corrected chi connectivity index (χ0v) is 12.3. The molecule has 0 heterocycles. The molecule has 2 unspecified atom stereocenters. The molecule has 2 atom stereocenters. The molecule has 1 N–H and O–H groups in total. The monoisotopic (exact) mass is 272 g/mol. The lowest BCUT2D eigenvalue weighted by molar-refractivity contribution is 0.359. The Labute approximate surface area is 121 Å². The Morgan fingerprint density at radius 2 is 2.10 bits per heavy atom. The van der Waals surface area contributed by atoms with Crippen LogP contribution < -0.4 is 10.1 Å². The maximum atomic E-state index is 8.62. The standard InChI is InChI=1S/C17H24N2O/c1-14-5-4-7-16(10-9-14)19-13-15-6-2-3-8-17(15)20-12-11-18/h2-3,6,8,14,16,19H,4-5,7,9-10,12-13H2,1H3. The molecule has 1 aromatic rings. The third-order valence-corrected chi connectivity index (χ3v) is 4.10. The zero-order chi connectivity index (χ0) is 14.2. The lowest BCUT2D eigenvalue weighted by Gasteiger charge is -2.17. The van der Waals surface area contributed by atoms with Gasteiger partial charge >= 0.3 is 0 Å². The van der Waals surface area contributed by atoms with Crippen molar-refractivity contribution in [2.75, 3.05) is 6.61 Å². The van der Waals surface area contributed by atoms with Crippen molar-refractivity contribution in [1.82, 2.24) is 5.32 Å². The predicted octanol–water partition coefficient (Wildman–Crippen LogP) is 3.65. The fourth-order valence-electron chi connectivity index (χ4n) is 2.85. The highest BCUT2D eigenvalue weighted by Gasteiger charge is 2.16. The Bertz CT molecular complexity index is 453. The first-order valence-electron chi connectivity index (χ1n) is 7.60. The van der Waals surface area contributed by atoms with Crippen LogP contribution in [0.3, 0.4) is 0 Å².